The van der Waals surface area contributed by atoms with Crippen molar-refractivity contribution in [3.8, 4) is 126 Å². The van der Waals surface area contributed by atoms with Crippen LogP contribution in [0, 0.1) is 27.7 Å². The van der Waals surface area contributed by atoms with Crippen LogP contribution < -0.4 is 11.1 Å². The molecule has 0 fully saturated rings. The number of rotatable bonds is 18. The number of aromatic nitrogens is 16. The molecule has 0 radical (unpaired) electrons. The van der Waals surface area contributed by atoms with E-state index < -0.39 is 0 Å². The normalized spacial score (nSPS) is 10.8. The van der Waals surface area contributed by atoms with E-state index in [1.54, 1.807) is 24.8 Å². The van der Waals surface area contributed by atoms with Gasteiger partial charge in [0.05, 0.1) is 70.3 Å². The minimum absolute atomic E-state index is 0. The third kappa shape index (κ3) is 17.6. The summed E-state index contributed by atoms with van der Waals surface area (Å²) in [6, 6.07) is 71.4. The van der Waals surface area contributed by atoms with E-state index in [0.29, 0.717) is 99.6 Å². The molecule has 23 nitrogen and oxygen atoms in total. The predicted octanol–water partition coefficient (Wildman–Crippen LogP) is 20.1. The van der Waals surface area contributed by atoms with Gasteiger partial charge in [0.1, 0.15) is 22.8 Å². The van der Waals surface area contributed by atoms with Crippen LogP contribution in [-0.4, -0.2) is 99.7 Å². The van der Waals surface area contributed by atoms with E-state index in [4.69, 9.17) is 38.4 Å². The van der Waals surface area contributed by atoms with E-state index in [2.05, 4.69) is 123 Å². The Morgan fingerprint density at radius 2 is 0.771 bits per heavy atom. The molecule has 0 spiro atoms. The monoisotopic (exact) mass is 1450 g/mol. The molecule has 0 aliphatic carbocycles. The SMILES string of the molecule is C=C(c1ccc(-c2cnc(C)c(-c3nnc(NCc4ccccc4)o3)n2)cc1)N(C)C.CCc1ccccc1-c1cnc(C)c(-c2nnc(-c3ccccc3)o2)n1.Cc1ncc(-c2ccccc2C(C)C)nc1-c1nnc(-c2ccccc2)o1.Cc1ncc(-c2ccccc2N)nc1-c1nnc(-c2ccccc2)o1.[HH].[HH].[HH].[HH].[HH].[HH].[HH]. The molecule has 0 saturated carbocycles. The third-order valence-electron chi connectivity index (χ3n) is 17.5. The third-order valence-corrected chi connectivity index (χ3v) is 17.5. The van der Waals surface area contributed by atoms with Crippen molar-refractivity contribution in [1.29, 1.82) is 0 Å². The zero-order valence-corrected chi connectivity index (χ0v) is 61.6. The Hall–Kier alpha value is -14.2. The topological polar surface area (TPSA) is 300 Å². The minimum atomic E-state index is 0. The number of hydrogen-bond donors (Lipinski definition) is 2. The first-order valence-electron chi connectivity index (χ1n) is 35.3. The Balaban J connectivity index is 0.000000236. The lowest BCUT2D eigenvalue weighted by molar-refractivity contribution is 0.577. The van der Waals surface area contributed by atoms with Gasteiger partial charge in [-0.1, -0.05) is 208 Å². The lowest BCUT2D eigenvalue weighted by Crippen LogP contribution is -2.08. The van der Waals surface area contributed by atoms with Gasteiger partial charge < -0.3 is 33.6 Å². The van der Waals surface area contributed by atoms with Crippen molar-refractivity contribution in [2.75, 3.05) is 25.1 Å². The fourth-order valence-corrected chi connectivity index (χ4v) is 11.5. The summed E-state index contributed by atoms with van der Waals surface area (Å²) in [7, 11) is 3.95. The molecule has 109 heavy (non-hydrogen) atoms. The van der Waals surface area contributed by atoms with Crippen LogP contribution in [0.5, 0.6) is 0 Å². The number of hydrogen-bond acceptors (Lipinski definition) is 23. The standard InChI is InChI=1S/C24H24N6O.C22H20N4O.C21H18N4O.C19H15N5O.7H2/c1-16-22(23-28-29-24(31-23)26-14-18-8-6-5-7-9-18)27-21(15-25-16)20-12-10-19(11-13-20)17(2)30(3)4;1-14(2)17-11-7-8-12-18(17)19-13-23-15(3)20(24-19)22-26-25-21(27-22)16-9-5-4-6-10-16;1-3-15-9-7-8-12-17(15)18-13-22-14(2)19(23-18)21-25-24-20(26-21)16-10-5-4-6-11-16;1-12-17(19-24-23-18(25-19)13-7-3-2-4-8-13)22-16(11-21-12)14-9-5-6-10-15(14)20;;;;;;;/h5-13,15H,2,14H2,1,3-4H3,(H,26,29);4-14H,1-3H3;4-13H,3H2,1-2H3;2-11H,20H2,1H3;7*1H. The highest BCUT2D eigenvalue weighted by atomic mass is 16.4. The largest absolute Gasteiger partial charge is 0.415 e. The van der Waals surface area contributed by atoms with Gasteiger partial charge in [-0.3, -0.25) is 19.9 Å². The summed E-state index contributed by atoms with van der Waals surface area (Å²) in [6.45, 7) is 18.7. The van der Waals surface area contributed by atoms with Crippen molar-refractivity contribution in [3.05, 3.63) is 295 Å². The maximum atomic E-state index is 6.04. The van der Waals surface area contributed by atoms with Crippen molar-refractivity contribution < 1.29 is 27.7 Å². The van der Waals surface area contributed by atoms with Crippen molar-refractivity contribution in [2.24, 2.45) is 0 Å². The van der Waals surface area contributed by atoms with Gasteiger partial charge in [0.25, 0.3) is 23.6 Å². The van der Waals surface area contributed by atoms with E-state index >= 15 is 0 Å². The van der Waals surface area contributed by atoms with E-state index in [9.17, 15) is 0 Å². The fraction of sp³-hybridized carbons (Fsp3) is 0.140. The van der Waals surface area contributed by atoms with Gasteiger partial charge in [-0.25, -0.2) is 19.9 Å². The van der Waals surface area contributed by atoms with Gasteiger partial charge in [0.2, 0.25) is 17.7 Å². The van der Waals surface area contributed by atoms with Crippen LogP contribution in [0.25, 0.3) is 131 Å². The predicted molar refractivity (Wildman–Crippen MR) is 437 cm³/mol. The molecule has 0 saturated heterocycles. The Morgan fingerprint density at radius 1 is 0.404 bits per heavy atom. The molecule has 0 amide bonds. The molecular weight excluding hydrogens is 1360 g/mol. The zero-order chi connectivity index (χ0) is 75.8. The highest BCUT2D eigenvalue weighted by molar-refractivity contribution is 5.75. The Labute approximate surface area is 640 Å². The molecule has 554 valence electrons. The van der Waals surface area contributed by atoms with Crippen LogP contribution in [0.3, 0.4) is 0 Å². The lowest BCUT2D eigenvalue weighted by atomic mass is 9.95. The number of aryl methyl sites for hydroxylation is 5. The number of nitrogens with one attached hydrogen (secondary N) is 1. The van der Waals surface area contributed by atoms with Crippen LogP contribution in [-0.2, 0) is 13.0 Å². The van der Waals surface area contributed by atoms with Crippen molar-refractivity contribution >= 4 is 17.4 Å². The second-order valence-corrected chi connectivity index (χ2v) is 25.6. The van der Waals surface area contributed by atoms with Gasteiger partial charge >= 0.3 is 6.01 Å². The van der Waals surface area contributed by atoms with Crippen molar-refractivity contribution in [1.82, 2.24) is 85.6 Å². The maximum Gasteiger partial charge on any atom is 0.316 e. The Bertz CT molecular complexity index is 5770. The number of para-hydroxylation sites is 1. The van der Waals surface area contributed by atoms with E-state index in [1.165, 1.54) is 11.1 Å². The van der Waals surface area contributed by atoms with Crippen LogP contribution in [0.2, 0.25) is 0 Å². The molecule has 0 aliphatic heterocycles. The molecule has 0 atom stereocenters. The molecule has 23 heteroatoms. The van der Waals surface area contributed by atoms with Gasteiger partial charge in [-0.2, -0.15) is 0 Å². The molecule has 0 bridgehead atoms. The second kappa shape index (κ2) is 34.1. The smallest absolute Gasteiger partial charge is 0.316 e. The summed E-state index contributed by atoms with van der Waals surface area (Å²) >= 11 is 0. The van der Waals surface area contributed by atoms with Crippen LogP contribution >= 0.6 is 0 Å². The Morgan fingerprint density at radius 3 is 1.23 bits per heavy atom. The van der Waals surface area contributed by atoms with Crippen LogP contribution in [0.15, 0.2) is 267 Å². The molecule has 8 aromatic heterocycles. The van der Waals surface area contributed by atoms with Gasteiger partial charge in [0, 0.05) is 81.0 Å². The number of nitrogens with zero attached hydrogens (tertiary/aromatic N) is 17. The molecule has 16 aromatic rings. The van der Waals surface area contributed by atoms with Crippen molar-refractivity contribution in [2.45, 2.75) is 67.3 Å². The minimum Gasteiger partial charge on any atom is -0.415 e. The van der Waals surface area contributed by atoms with Gasteiger partial charge in [0.15, 0.2) is 0 Å². The van der Waals surface area contributed by atoms with E-state index in [0.717, 1.165) is 96.4 Å². The van der Waals surface area contributed by atoms with Crippen LogP contribution in [0.4, 0.5) is 11.7 Å². The summed E-state index contributed by atoms with van der Waals surface area (Å²) in [4.78, 5) is 38.9. The molecule has 8 aromatic carbocycles. The van der Waals surface area contributed by atoms with Gasteiger partial charge in [-0.05, 0) is 105 Å². The zero-order valence-electron chi connectivity index (χ0n) is 61.6. The Kier molecular flexibility index (Phi) is 22.9. The first-order chi connectivity index (χ1) is 53.1. The summed E-state index contributed by atoms with van der Waals surface area (Å²) in [6.07, 6.45) is 7.97. The summed E-state index contributed by atoms with van der Waals surface area (Å²) < 4.78 is 23.3. The molecule has 3 N–H and O–H groups in total. The number of benzene rings is 8. The summed E-state index contributed by atoms with van der Waals surface area (Å²) in [5, 5.41) is 36.3. The fourth-order valence-electron chi connectivity index (χ4n) is 11.5. The number of anilines is 2. The molecule has 16 rings (SSSR count). The average Bonchev–Trinajstić information content (AvgIpc) is 1.49. The van der Waals surface area contributed by atoms with E-state index in [-0.39, 0.29) is 9.99 Å². The highest BCUT2D eigenvalue weighted by Gasteiger charge is 2.22. The molecular formula is C86H91N19O4. The molecule has 0 aliphatic rings. The number of nitrogens with two attached hydrogens (primary N) is 1. The molecule has 8 heterocycles. The van der Waals surface area contributed by atoms with Crippen molar-refractivity contribution in [3.63, 3.8) is 0 Å². The summed E-state index contributed by atoms with van der Waals surface area (Å²) in [5.74, 6) is 3.20. The number of nitrogen functional groups attached to an aromatic ring is 1. The second-order valence-electron chi connectivity index (χ2n) is 25.6. The van der Waals surface area contributed by atoms with Gasteiger partial charge in [-0.15, -0.1) is 35.7 Å². The quantitative estimate of drug-likeness (QED) is 0.0754. The average molecular weight is 1450 g/mol. The molecule has 0 unspecified atom stereocenters. The lowest BCUT2D eigenvalue weighted by Gasteiger charge is -2.16. The highest BCUT2D eigenvalue weighted by Crippen LogP contribution is 2.35. The summed E-state index contributed by atoms with van der Waals surface area (Å²) in [5.41, 5.74) is 27.1. The first kappa shape index (κ1) is 73.1. The maximum absolute atomic E-state index is 6.04. The first-order valence-corrected chi connectivity index (χ1v) is 35.3. The van der Waals surface area contributed by atoms with E-state index in [1.807, 2.05) is 241 Å². The van der Waals surface area contributed by atoms with Crippen LogP contribution in [0.1, 0.15) is 81.7 Å².